The van der Waals surface area contributed by atoms with E-state index < -0.39 is 16.1 Å². The maximum absolute atomic E-state index is 12.4. The summed E-state index contributed by atoms with van der Waals surface area (Å²) in [5, 5.41) is 6.81. The summed E-state index contributed by atoms with van der Waals surface area (Å²) in [5.74, 6) is -0.265. The highest BCUT2D eigenvalue weighted by atomic mass is 32.2. The van der Waals surface area contributed by atoms with Crippen molar-refractivity contribution in [3.63, 3.8) is 0 Å². The average molecular weight is 334 g/mol. The van der Waals surface area contributed by atoms with E-state index in [9.17, 15) is 13.2 Å². The summed E-state index contributed by atoms with van der Waals surface area (Å²) in [4.78, 5) is 12.0. The van der Waals surface area contributed by atoms with E-state index in [1.54, 1.807) is 35.3 Å². The van der Waals surface area contributed by atoms with E-state index in [0.29, 0.717) is 13.0 Å². The first kappa shape index (κ1) is 15.7. The number of nitrogens with zero attached hydrogens (tertiary/aromatic N) is 2. The van der Waals surface area contributed by atoms with Gasteiger partial charge in [-0.3, -0.25) is 4.79 Å². The molecule has 1 atom stereocenters. The van der Waals surface area contributed by atoms with Crippen molar-refractivity contribution in [3.8, 4) is 5.69 Å². The van der Waals surface area contributed by atoms with E-state index in [-0.39, 0.29) is 10.8 Å². The summed E-state index contributed by atoms with van der Waals surface area (Å²) >= 11 is 0. The number of nitrogens with one attached hydrogen (secondary N) is 2. The van der Waals surface area contributed by atoms with Gasteiger partial charge in [-0.25, -0.2) is 13.1 Å². The highest BCUT2D eigenvalue weighted by Gasteiger charge is 2.26. The zero-order valence-electron chi connectivity index (χ0n) is 12.5. The van der Waals surface area contributed by atoms with Crippen LogP contribution in [0.2, 0.25) is 0 Å². The van der Waals surface area contributed by atoms with Crippen molar-refractivity contribution in [2.24, 2.45) is 0 Å². The third-order valence-electron chi connectivity index (χ3n) is 3.75. The molecule has 8 heteroatoms. The predicted octanol–water partition coefficient (Wildman–Crippen LogP) is 0.819. The Bertz CT molecular complexity index is 770. The van der Waals surface area contributed by atoms with Gasteiger partial charge >= 0.3 is 0 Å². The standard InChI is InChI=1S/C15H18N4O3S/c20-15-14(4-1-2-9-16-15)18-23(21,22)13-7-5-12(6-8-13)19-11-3-10-17-19/h3,5-8,10-11,14,18H,1-2,4,9H2,(H,16,20). The quantitative estimate of drug-likeness (QED) is 0.866. The van der Waals surface area contributed by atoms with E-state index in [4.69, 9.17) is 0 Å². The molecule has 1 aliphatic heterocycles. The molecule has 7 nitrogen and oxygen atoms in total. The van der Waals surface area contributed by atoms with Crippen LogP contribution in [0.5, 0.6) is 0 Å². The molecule has 1 saturated heterocycles. The summed E-state index contributed by atoms with van der Waals surface area (Å²) < 4.78 is 29.0. The molecule has 0 radical (unpaired) electrons. The molecule has 1 aromatic heterocycles. The van der Waals surface area contributed by atoms with Crippen LogP contribution in [0.25, 0.3) is 5.69 Å². The number of hydrogen-bond acceptors (Lipinski definition) is 4. The molecular weight excluding hydrogens is 316 g/mol. The van der Waals surface area contributed by atoms with Crippen molar-refractivity contribution in [1.29, 1.82) is 0 Å². The van der Waals surface area contributed by atoms with Crippen LogP contribution in [-0.2, 0) is 14.8 Å². The molecule has 1 aromatic carbocycles. The molecule has 1 unspecified atom stereocenters. The fraction of sp³-hybridized carbons (Fsp3) is 0.333. The average Bonchev–Trinajstić information content (AvgIpc) is 3.01. The van der Waals surface area contributed by atoms with Crippen LogP contribution in [0.1, 0.15) is 19.3 Å². The normalized spacial score (nSPS) is 19.1. The minimum atomic E-state index is -3.74. The van der Waals surface area contributed by atoms with Crippen LogP contribution in [0, 0.1) is 0 Å². The molecule has 1 fully saturated rings. The van der Waals surface area contributed by atoms with Gasteiger partial charge in [-0.15, -0.1) is 0 Å². The largest absolute Gasteiger partial charge is 0.355 e. The van der Waals surface area contributed by atoms with E-state index >= 15 is 0 Å². The maximum atomic E-state index is 12.4. The number of sulfonamides is 1. The van der Waals surface area contributed by atoms with Gasteiger partial charge in [-0.05, 0) is 49.6 Å². The van der Waals surface area contributed by atoms with Gasteiger partial charge < -0.3 is 5.32 Å². The number of carbonyl (C=O) groups excluding carboxylic acids is 1. The molecule has 2 N–H and O–H groups in total. The lowest BCUT2D eigenvalue weighted by Crippen LogP contribution is -2.45. The fourth-order valence-electron chi connectivity index (χ4n) is 2.51. The van der Waals surface area contributed by atoms with Crippen molar-refractivity contribution in [1.82, 2.24) is 19.8 Å². The Morgan fingerprint density at radius 1 is 1.22 bits per heavy atom. The van der Waals surface area contributed by atoms with Crippen molar-refractivity contribution < 1.29 is 13.2 Å². The van der Waals surface area contributed by atoms with Gasteiger partial charge in [0.15, 0.2) is 0 Å². The molecule has 23 heavy (non-hydrogen) atoms. The van der Waals surface area contributed by atoms with Gasteiger partial charge in [0.05, 0.1) is 10.6 Å². The number of carbonyl (C=O) groups is 1. The smallest absolute Gasteiger partial charge is 0.241 e. The zero-order valence-corrected chi connectivity index (χ0v) is 13.3. The van der Waals surface area contributed by atoms with Gasteiger partial charge in [-0.1, -0.05) is 0 Å². The summed E-state index contributed by atoms with van der Waals surface area (Å²) in [7, 11) is -3.74. The second-order valence-corrected chi connectivity index (χ2v) is 7.12. The van der Waals surface area contributed by atoms with Crippen LogP contribution in [0.3, 0.4) is 0 Å². The molecule has 0 spiro atoms. The summed E-state index contributed by atoms with van der Waals surface area (Å²) in [6.07, 6.45) is 5.61. The molecular formula is C15H18N4O3S. The number of hydrogen-bond donors (Lipinski definition) is 2. The Kier molecular flexibility index (Phi) is 4.44. The molecule has 0 aliphatic carbocycles. The van der Waals surface area contributed by atoms with Crippen LogP contribution in [0.4, 0.5) is 0 Å². The Hall–Kier alpha value is -2.19. The molecule has 0 saturated carbocycles. The lowest BCUT2D eigenvalue weighted by Gasteiger charge is -2.15. The van der Waals surface area contributed by atoms with Crippen molar-refractivity contribution in [2.45, 2.75) is 30.2 Å². The van der Waals surface area contributed by atoms with Crippen LogP contribution in [0.15, 0.2) is 47.6 Å². The zero-order chi connectivity index (χ0) is 16.3. The van der Waals surface area contributed by atoms with E-state index in [2.05, 4.69) is 15.1 Å². The molecule has 122 valence electrons. The van der Waals surface area contributed by atoms with Crippen LogP contribution < -0.4 is 10.0 Å². The number of rotatable bonds is 4. The lowest BCUT2D eigenvalue weighted by atomic mass is 10.1. The number of amides is 1. The SMILES string of the molecule is O=C1NCCCCC1NS(=O)(=O)c1ccc(-n2cccn2)cc1. The summed E-state index contributed by atoms with van der Waals surface area (Å²) in [6.45, 7) is 0.593. The first-order valence-corrected chi connectivity index (χ1v) is 8.95. The first-order valence-electron chi connectivity index (χ1n) is 7.46. The highest BCUT2D eigenvalue weighted by Crippen LogP contribution is 2.15. The van der Waals surface area contributed by atoms with Gasteiger partial charge in [0.1, 0.15) is 6.04 Å². The van der Waals surface area contributed by atoms with Crippen molar-refractivity contribution in [3.05, 3.63) is 42.7 Å². The van der Waals surface area contributed by atoms with E-state index in [1.165, 1.54) is 12.1 Å². The Labute approximate surface area is 134 Å². The third-order valence-corrected chi connectivity index (χ3v) is 5.24. The number of benzene rings is 1. The predicted molar refractivity (Wildman–Crippen MR) is 84.5 cm³/mol. The Balaban J connectivity index is 1.78. The molecule has 2 aromatic rings. The molecule has 0 bridgehead atoms. The van der Waals surface area contributed by atoms with Crippen LogP contribution >= 0.6 is 0 Å². The lowest BCUT2D eigenvalue weighted by molar-refractivity contribution is -0.122. The second kappa shape index (κ2) is 6.51. The molecule has 2 heterocycles. The highest BCUT2D eigenvalue weighted by molar-refractivity contribution is 7.89. The molecule has 3 rings (SSSR count). The van der Waals surface area contributed by atoms with Gasteiger partial charge in [0.25, 0.3) is 0 Å². The van der Waals surface area contributed by atoms with E-state index in [0.717, 1.165) is 18.5 Å². The number of aromatic nitrogens is 2. The van der Waals surface area contributed by atoms with Crippen LogP contribution in [-0.4, -0.2) is 36.7 Å². The third kappa shape index (κ3) is 3.59. The molecule has 1 amide bonds. The van der Waals surface area contributed by atoms with Crippen molar-refractivity contribution >= 4 is 15.9 Å². The molecule has 1 aliphatic rings. The minimum absolute atomic E-state index is 0.130. The maximum Gasteiger partial charge on any atom is 0.241 e. The monoisotopic (exact) mass is 334 g/mol. The fourth-order valence-corrected chi connectivity index (χ4v) is 3.74. The first-order chi connectivity index (χ1) is 11.1. The van der Waals surface area contributed by atoms with Gasteiger partial charge in [0.2, 0.25) is 15.9 Å². The Morgan fingerprint density at radius 2 is 2.00 bits per heavy atom. The minimum Gasteiger partial charge on any atom is -0.355 e. The summed E-state index contributed by atoms with van der Waals surface area (Å²) in [6, 6.07) is 7.44. The van der Waals surface area contributed by atoms with Crippen molar-refractivity contribution in [2.75, 3.05) is 6.54 Å². The second-order valence-electron chi connectivity index (χ2n) is 5.41. The summed E-state index contributed by atoms with van der Waals surface area (Å²) in [5.41, 5.74) is 0.765. The topological polar surface area (TPSA) is 93.1 Å². The van der Waals surface area contributed by atoms with E-state index in [1.807, 2.05) is 0 Å². The Morgan fingerprint density at radius 3 is 2.70 bits per heavy atom. The van der Waals surface area contributed by atoms with Gasteiger partial charge in [-0.2, -0.15) is 9.82 Å². The van der Waals surface area contributed by atoms with Gasteiger partial charge in [0, 0.05) is 18.9 Å².